The summed E-state index contributed by atoms with van der Waals surface area (Å²) in [6.07, 6.45) is 0. The number of aliphatic carboxylic acids is 1. The second-order valence-corrected chi connectivity index (χ2v) is 5.08. The monoisotopic (exact) mass is 264 g/mol. The molecule has 2 rings (SSSR count). The summed E-state index contributed by atoms with van der Waals surface area (Å²) in [4.78, 5) is 10.7. The van der Waals surface area contributed by atoms with Crippen molar-refractivity contribution < 1.29 is 14.3 Å². The number of rotatable bonds is 4. The van der Waals surface area contributed by atoms with Gasteiger partial charge in [-0.1, -0.05) is 30.0 Å². The molecule has 0 aliphatic carbocycles. The molecule has 1 aromatic carbocycles. The Morgan fingerprint density at radius 2 is 2.11 bits per heavy atom. The summed E-state index contributed by atoms with van der Waals surface area (Å²) in [5.74, 6) is -0.496. The predicted molar refractivity (Wildman–Crippen MR) is 67.4 cm³/mol. The number of aryl methyl sites for hydroxylation is 1. The third-order valence-corrected chi connectivity index (χ3v) is 3.33. The minimum Gasteiger partial charge on any atom is -0.480 e. The highest BCUT2D eigenvalue weighted by Crippen LogP contribution is 2.27. The molecule has 0 fully saturated rings. The number of carboxylic acid groups (broad SMARTS) is 1. The summed E-state index contributed by atoms with van der Waals surface area (Å²) < 4.78 is 5.45. The van der Waals surface area contributed by atoms with E-state index >= 15 is 0 Å². The average molecular weight is 264 g/mol. The van der Waals surface area contributed by atoms with Crippen LogP contribution in [-0.2, 0) is 4.79 Å². The first kappa shape index (κ1) is 12.6. The summed E-state index contributed by atoms with van der Waals surface area (Å²) >= 11 is 1.03. The Bertz CT molecular complexity index is 568. The molecule has 6 heteroatoms. The molecule has 1 atom stereocenters. The topological polar surface area (TPSA) is 76.2 Å². The van der Waals surface area contributed by atoms with Crippen LogP contribution in [0.1, 0.15) is 12.5 Å². The van der Waals surface area contributed by atoms with Gasteiger partial charge in [0.1, 0.15) is 5.25 Å². The Balaban J connectivity index is 2.21. The van der Waals surface area contributed by atoms with Crippen LogP contribution in [0, 0.1) is 6.92 Å². The second kappa shape index (κ2) is 5.22. The van der Waals surface area contributed by atoms with E-state index in [-0.39, 0.29) is 5.22 Å². The molecule has 94 valence electrons. The molecule has 1 aromatic heterocycles. The van der Waals surface area contributed by atoms with Gasteiger partial charge >= 0.3 is 5.97 Å². The Labute approximate surface area is 108 Å². The van der Waals surface area contributed by atoms with E-state index in [9.17, 15) is 4.79 Å². The van der Waals surface area contributed by atoms with Gasteiger partial charge in [0.15, 0.2) is 0 Å². The van der Waals surface area contributed by atoms with Crippen molar-refractivity contribution in [3.63, 3.8) is 0 Å². The van der Waals surface area contributed by atoms with Crippen molar-refractivity contribution in [1.29, 1.82) is 0 Å². The molecule has 1 N–H and O–H groups in total. The number of hydrogen-bond acceptors (Lipinski definition) is 5. The van der Waals surface area contributed by atoms with Gasteiger partial charge in [-0.05, 0) is 25.5 Å². The zero-order valence-corrected chi connectivity index (χ0v) is 10.8. The molecule has 0 amide bonds. The highest BCUT2D eigenvalue weighted by atomic mass is 32.2. The van der Waals surface area contributed by atoms with Gasteiger partial charge in [-0.15, -0.1) is 10.2 Å². The maximum atomic E-state index is 10.7. The van der Waals surface area contributed by atoms with Crippen molar-refractivity contribution >= 4 is 17.7 Å². The van der Waals surface area contributed by atoms with Crippen molar-refractivity contribution in [2.45, 2.75) is 24.3 Å². The van der Waals surface area contributed by atoms with E-state index in [1.807, 2.05) is 31.2 Å². The van der Waals surface area contributed by atoms with Crippen molar-refractivity contribution in [2.75, 3.05) is 0 Å². The molecule has 2 aromatic rings. The number of carboxylic acids is 1. The number of aromatic nitrogens is 2. The van der Waals surface area contributed by atoms with Gasteiger partial charge in [-0.2, -0.15) is 0 Å². The summed E-state index contributed by atoms with van der Waals surface area (Å²) in [5.41, 5.74) is 1.89. The van der Waals surface area contributed by atoms with E-state index < -0.39 is 11.2 Å². The number of benzene rings is 1. The Kier molecular flexibility index (Phi) is 3.66. The summed E-state index contributed by atoms with van der Waals surface area (Å²) in [5, 5.41) is 16.2. The van der Waals surface area contributed by atoms with Gasteiger partial charge in [0.05, 0.1) is 0 Å². The molecular weight excluding hydrogens is 252 g/mol. The fraction of sp³-hybridized carbons (Fsp3) is 0.250. The lowest BCUT2D eigenvalue weighted by atomic mass is 10.1. The minimum atomic E-state index is -0.907. The van der Waals surface area contributed by atoms with Gasteiger partial charge in [0.25, 0.3) is 5.22 Å². The summed E-state index contributed by atoms with van der Waals surface area (Å²) in [7, 11) is 0. The third-order valence-electron chi connectivity index (χ3n) is 2.41. The summed E-state index contributed by atoms with van der Waals surface area (Å²) in [6.45, 7) is 3.52. The van der Waals surface area contributed by atoms with Crippen LogP contribution in [0.5, 0.6) is 0 Å². The van der Waals surface area contributed by atoms with Gasteiger partial charge in [0, 0.05) is 5.56 Å². The van der Waals surface area contributed by atoms with Crippen LogP contribution in [-0.4, -0.2) is 26.5 Å². The van der Waals surface area contributed by atoms with Crippen LogP contribution in [0.2, 0.25) is 0 Å². The van der Waals surface area contributed by atoms with E-state index in [4.69, 9.17) is 9.52 Å². The van der Waals surface area contributed by atoms with Crippen LogP contribution >= 0.6 is 11.8 Å². The highest BCUT2D eigenvalue weighted by Gasteiger charge is 2.17. The van der Waals surface area contributed by atoms with E-state index in [1.165, 1.54) is 0 Å². The van der Waals surface area contributed by atoms with E-state index in [2.05, 4.69) is 10.2 Å². The van der Waals surface area contributed by atoms with Crippen molar-refractivity contribution in [2.24, 2.45) is 0 Å². The largest absolute Gasteiger partial charge is 0.480 e. The van der Waals surface area contributed by atoms with E-state index in [0.717, 1.165) is 22.9 Å². The van der Waals surface area contributed by atoms with Gasteiger partial charge < -0.3 is 9.52 Å². The standard InChI is InChI=1S/C12H12N2O3S/c1-7-5-3-4-6-9(7)10-13-14-12(17-10)18-8(2)11(15)16/h3-6,8H,1-2H3,(H,15,16)/t8-/m1/s1. The normalized spacial score (nSPS) is 12.3. The van der Waals surface area contributed by atoms with Crippen LogP contribution in [0.15, 0.2) is 33.9 Å². The lowest BCUT2D eigenvalue weighted by Gasteiger charge is -2.00. The van der Waals surface area contributed by atoms with Crippen molar-refractivity contribution in [3.8, 4) is 11.5 Å². The molecule has 5 nitrogen and oxygen atoms in total. The Hall–Kier alpha value is -1.82. The fourth-order valence-corrected chi connectivity index (χ4v) is 2.00. The Morgan fingerprint density at radius 1 is 1.39 bits per heavy atom. The number of carbonyl (C=O) groups is 1. The van der Waals surface area contributed by atoms with Crippen LogP contribution in [0.4, 0.5) is 0 Å². The SMILES string of the molecule is Cc1ccccc1-c1nnc(S[C@H](C)C(=O)O)o1. The predicted octanol–water partition coefficient (Wildman–Crippen LogP) is 2.61. The third kappa shape index (κ3) is 2.70. The molecule has 0 unspecified atom stereocenters. The van der Waals surface area contributed by atoms with E-state index in [1.54, 1.807) is 6.92 Å². The quantitative estimate of drug-likeness (QED) is 0.855. The van der Waals surface area contributed by atoms with Gasteiger partial charge in [-0.3, -0.25) is 4.79 Å². The second-order valence-electron chi connectivity index (χ2n) is 3.79. The van der Waals surface area contributed by atoms with Crippen molar-refractivity contribution in [1.82, 2.24) is 10.2 Å². The first-order chi connectivity index (χ1) is 8.58. The van der Waals surface area contributed by atoms with Crippen molar-refractivity contribution in [3.05, 3.63) is 29.8 Å². The van der Waals surface area contributed by atoms with E-state index in [0.29, 0.717) is 5.89 Å². The molecule has 0 saturated heterocycles. The number of thioether (sulfide) groups is 1. The highest BCUT2D eigenvalue weighted by molar-refractivity contribution is 8.00. The lowest BCUT2D eigenvalue weighted by Crippen LogP contribution is -2.10. The molecule has 1 heterocycles. The maximum Gasteiger partial charge on any atom is 0.316 e. The minimum absolute atomic E-state index is 0.267. The first-order valence-electron chi connectivity index (χ1n) is 5.37. The molecule has 0 saturated carbocycles. The van der Waals surface area contributed by atoms with Gasteiger partial charge in [-0.25, -0.2) is 0 Å². The average Bonchev–Trinajstić information content (AvgIpc) is 2.77. The molecule has 0 radical (unpaired) electrons. The van der Waals surface area contributed by atoms with Gasteiger partial charge in [0.2, 0.25) is 5.89 Å². The molecule has 0 aliphatic rings. The zero-order valence-electron chi connectivity index (χ0n) is 9.95. The van der Waals surface area contributed by atoms with Crippen LogP contribution in [0.25, 0.3) is 11.5 Å². The molecule has 18 heavy (non-hydrogen) atoms. The number of nitrogens with zero attached hydrogens (tertiary/aromatic N) is 2. The Morgan fingerprint density at radius 3 is 2.78 bits per heavy atom. The van der Waals surface area contributed by atoms with Crippen LogP contribution < -0.4 is 0 Å². The molecule has 0 spiro atoms. The summed E-state index contributed by atoms with van der Waals surface area (Å²) in [6, 6.07) is 7.65. The fourth-order valence-electron chi connectivity index (χ4n) is 1.38. The van der Waals surface area contributed by atoms with Crippen LogP contribution in [0.3, 0.4) is 0 Å². The molecule has 0 aliphatic heterocycles. The first-order valence-corrected chi connectivity index (χ1v) is 6.25. The number of hydrogen-bond donors (Lipinski definition) is 1. The molecule has 0 bridgehead atoms. The maximum absolute atomic E-state index is 10.7. The zero-order chi connectivity index (χ0) is 13.1. The smallest absolute Gasteiger partial charge is 0.316 e. The molecular formula is C12H12N2O3S. The lowest BCUT2D eigenvalue weighted by molar-refractivity contribution is -0.136.